The molecule has 2 aromatic carbocycles. The Morgan fingerprint density at radius 2 is 1.95 bits per heavy atom. The smallest absolute Gasteiger partial charge is 0.142 e. The summed E-state index contributed by atoms with van der Waals surface area (Å²) in [5.41, 5.74) is 3.23. The highest BCUT2D eigenvalue weighted by atomic mass is 35.5. The molecule has 0 aliphatic rings. The fraction of sp³-hybridized carbons (Fsp3) is 0.250. The van der Waals surface area contributed by atoms with Crippen LogP contribution in [-0.2, 0) is 6.54 Å². The van der Waals surface area contributed by atoms with Crippen molar-refractivity contribution in [3.63, 3.8) is 0 Å². The maximum absolute atomic E-state index is 13.3. The molecule has 0 aliphatic carbocycles. The fourth-order valence-corrected chi connectivity index (χ4v) is 2.20. The van der Waals surface area contributed by atoms with Crippen LogP contribution in [0, 0.1) is 12.7 Å². The first-order chi connectivity index (χ1) is 9.08. The van der Waals surface area contributed by atoms with Gasteiger partial charge in [0.15, 0.2) is 0 Å². The normalized spacial score (nSPS) is 12.4. The fourth-order valence-electron chi connectivity index (χ4n) is 2.01. The van der Waals surface area contributed by atoms with E-state index in [-0.39, 0.29) is 16.9 Å². The summed E-state index contributed by atoms with van der Waals surface area (Å²) < 4.78 is 13.3. The molecule has 0 saturated heterocycles. The average molecular weight is 278 g/mol. The van der Waals surface area contributed by atoms with E-state index in [4.69, 9.17) is 11.6 Å². The van der Waals surface area contributed by atoms with Crippen molar-refractivity contribution in [1.82, 2.24) is 5.32 Å². The third kappa shape index (κ3) is 3.55. The van der Waals surface area contributed by atoms with E-state index < -0.39 is 0 Å². The number of hydrogen-bond donors (Lipinski definition) is 1. The van der Waals surface area contributed by atoms with Crippen molar-refractivity contribution in [1.29, 1.82) is 0 Å². The summed E-state index contributed by atoms with van der Waals surface area (Å²) in [6.07, 6.45) is 0. The summed E-state index contributed by atoms with van der Waals surface area (Å²) >= 11 is 5.93. The molecule has 2 aromatic rings. The first-order valence-electron chi connectivity index (χ1n) is 6.31. The highest BCUT2D eigenvalue weighted by Crippen LogP contribution is 2.21. The quantitative estimate of drug-likeness (QED) is 0.858. The summed E-state index contributed by atoms with van der Waals surface area (Å²) in [5, 5.41) is 3.56. The largest absolute Gasteiger partial charge is 0.306 e. The Morgan fingerprint density at radius 1 is 1.21 bits per heavy atom. The molecule has 0 amide bonds. The molecule has 1 atom stereocenters. The lowest BCUT2D eigenvalue weighted by atomic mass is 10.1. The lowest BCUT2D eigenvalue weighted by molar-refractivity contribution is 0.569. The van der Waals surface area contributed by atoms with Gasteiger partial charge in [0, 0.05) is 12.6 Å². The predicted molar refractivity (Wildman–Crippen MR) is 77.8 cm³/mol. The zero-order chi connectivity index (χ0) is 13.8. The zero-order valence-electron chi connectivity index (χ0n) is 11.1. The Kier molecular flexibility index (Phi) is 4.56. The third-order valence-corrected chi connectivity index (χ3v) is 3.60. The Morgan fingerprint density at radius 3 is 2.68 bits per heavy atom. The summed E-state index contributed by atoms with van der Waals surface area (Å²) in [7, 11) is 0. The number of hydrogen-bond acceptors (Lipinski definition) is 1. The van der Waals surface area contributed by atoms with Gasteiger partial charge in [0.25, 0.3) is 0 Å². The lowest BCUT2D eigenvalue weighted by Gasteiger charge is -2.15. The van der Waals surface area contributed by atoms with Gasteiger partial charge < -0.3 is 5.32 Å². The van der Waals surface area contributed by atoms with Crippen molar-refractivity contribution in [2.45, 2.75) is 26.4 Å². The molecule has 0 bridgehead atoms. The molecular formula is C16H17ClFN. The van der Waals surface area contributed by atoms with E-state index in [1.165, 1.54) is 17.2 Å². The highest BCUT2D eigenvalue weighted by molar-refractivity contribution is 6.31. The van der Waals surface area contributed by atoms with E-state index in [9.17, 15) is 4.39 Å². The number of nitrogens with one attached hydrogen (secondary N) is 1. The van der Waals surface area contributed by atoms with Crippen LogP contribution in [0.5, 0.6) is 0 Å². The second-order valence-corrected chi connectivity index (χ2v) is 5.11. The van der Waals surface area contributed by atoms with E-state index in [2.05, 4.69) is 37.4 Å². The van der Waals surface area contributed by atoms with E-state index >= 15 is 0 Å². The maximum atomic E-state index is 13.3. The van der Waals surface area contributed by atoms with Crippen LogP contribution in [0.1, 0.15) is 29.7 Å². The van der Waals surface area contributed by atoms with Crippen molar-refractivity contribution in [3.05, 3.63) is 70.0 Å². The number of benzene rings is 2. The topological polar surface area (TPSA) is 12.0 Å². The van der Waals surface area contributed by atoms with Crippen LogP contribution in [0.2, 0.25) is 5.02 Å². The molecule has 2 rings (SSSR count). The van der Waals surface area contributed by atoms with Crippen molar-refractivity contribution >= 4 is 11.6 Å². The number of aryl methyl sites for hydroxylation is 1. The van der Waals surface area contributed by atoms with Crippen LogP contribution in [0.25, 0.3) is 0 Å². The van der Waals surface area contributed by atoms with Crippen LogP contribution >= 0.6 is 11.6 Å². The molecule has 0 unspecified atom stereocenters. The van der Waals surface area contributed by atoms with Crippen LogP contribution in [0.4, 0.5) is 4.39 Å². The van der Waals surface area contributed by atoms with E-state index in [0.717, 1.165) is 5.56 Å². The molecule has 0 heterocycles. The van der Waals surface area contributed by atoms with E-state index in [1.807, 2.05) is 12.1 Å². The molecule has 3 heteroatoms. The molecule has 0 spiro atoms. The summed E-state index contributed by atoms with van der Waals surface area (Å²) in [4.78, 5) is 0. The monoisotopic (exact) mass is 277 g/mol. The Hall–Kier alpha value is -1.38. The van der Waals surface area contributed by atoms with Gasteiger partial charge in [-0.05, 0) is 31.0 Å². The number of halogens is 2. The Bertz CT molecular complexity index is 568. The molecule has 1 N–H and O–H groups in total. The van der Waals surface area contributed by atoms with Crippen LogP contribution < -0.4 is 5.32 Å². The standard InChI is InChI=1S/C16H17ClFN/c1-11-5-3-6-13(9-11)12(2)19-10-14-7-4-8-15(18)16(14)17/h3-9,12,19H,10H2,1-2H3/t12-/m0/s1. The first kappa shape index (κ1) is 14.0. The molecule has 0 radical (unpaired) electrons. The van der Waals surface area contributed by atoms with Gasteiger partial charge in [-0.15, -0.1) is 0 Å². The zero-order valence-corrected chi connectivity index (χ0v) is 11.8. The minimum atomic E-state index is -0.371. The van der Waals surface area contributed by atoms with Gasteiger partial charge in [0.2, 0.25) is 0 Å². The second-order valence-electron chi connectivity index (χ2n) is 4.73. The Labute approximate surface area is 118 Å². The van der Waals surface area contributed by atoms with Gasteiger partial charge in [-0.25, -0.2) is 4.39 Å². The maximum Gasteiger partial charge on any atom is 0.142 e. The van der Waals surface area contributed by atoms with Gasteiger partial charge in [-0.1, -0.05) is 53.6 Å². The summed E-state index contributed by atoms with van der Waals surface area (Å²) in [5.74, 6) is -0.371. The Balaban J connectivity index is 2.04. The van der Waals surface area contributed by atoms with Crippen molar-refractivity contribution in [2.75, 3.05) is 0 Å². The van der Waals surface area contributed by atoms with Crippen LogP contribution in [-0.4, -0.2) is 0 Å². The van der Waals surface area contributed by atoms with Crippen molar-refractivity contribution in [2.24, 2.45) is 0 Å². The lowest BCUT2D eigenvalue weighted by Crippen LogP contribution is -2.18. The van der Waals surface area contributed by atoms with Gasteiger partial charge in [0.05, 0.1) is 5.02 Å². The van der Waals surface area contributed by atoms with Gasteiger partial charge in [-0.3, -0.25) is 0 Å². The molecular weight excluding hydrogens is 261 g/mol. The highest BCUT2D eigenvalue weighted by Gasteiger charge is 2.08. The third-order valence-electron chi connectivity index (χ3n) is 3.17. The van der Waals surface area contributed by atoms with E-state index in [0.29, 0.717) is 6.54 Å². The summed E-state index contributed by atoms with van der Waals surface area (Å²) in [6, 6.07) is 13.4. The van der Waals surface area contributed by atoms with Gasteiger partial charge in [-0.2, -0.15) is 0 Å². The minimum Gasteiger partial charge on any atom is -0.306 e. The molecule has 0 saturated carbocycles. The first-order valence-corrected chi connectivity index (χ1v) is 6.68. The SMILES string of the molecule is Cc1cccc([C@H](C)NCc2cccc(F)c2Cl)c1. The summed E-state index contributed by atoms with van der Waals surface area (Å²) in [6.45, 7) is 4.70. The van der Waals surface area contributed by atoms with Gasteiger partial charge in [0.1, 0.15) is 5.82 Å². The van der Waals surface area contributed by atoms with Crippen molar-refractivity contribution < 1.29 is 4.39 Å². The molecule has 0 fully saturated rings. The minimum absolute atomic E-state index is 0.194. The van der Waals surface area contributed by atoms with Gasteiger partial charge >= 0.3 is 0 Å². The van der Waals surface area contributed by atoms with Crippen LogP contribution in [0.15, 0.2) is 42.5 Å². The predicted octanol–water partition coefficient (Wildman–Crippen LogP) is 4.64. The molecule has 1 nitrogen and oxygen atoms in total. The second kappa shape index (κ2) is 6.18. The number of rotatable bonds is 4. The van der Waals surface area contributed by atoms with Crippen molar-refractivity contribution in [3.8, 4) is 0 Å². The molecule has 0 aliphatic heterocycles. The molecule has 100 valence electrons. The van der Waals surface area contributed by atoms with E-state index in [1.54, 1.807) is 6.07 Å². The molecule has 19 heavy (non-hydrogen) atoms. The average Bonchev–Trinajstić information content (AvgIpc) is 2.40. The molecule has 0 aromatic heterocycles. The van der Waals surface area contributed by atoms with Crippen LogP contribution in [0.3, 0.4) is 0 Å².